The molecule has 1 saturated carbocycles. The number of carbonyl (C=O) groups is 1. The van der Waals surface area contributed by atoms with Crippen LogP contribution < -0.4 is 5.32 Å². The van der Waals surface area contributed by atoms with E-state index in [0.29, 0.717) is 12.2 Å². The predicted octanol–water partition coefficient (Wildman–Crippen LogP) is 4.56. The Hall–Kier alpha value is -3.48. The maximum atomic E-state index is 13.2. The van der Waals surface area contributed by atoms with Gasteiger partial charge in [-0.1, -0.05) is 43.2 Å². The summed E-state index contributed by atoms with van der Waals surface area (Å²) in [4.78, 5) is 15.2. The number of aryl methyl sites for hydroxylation is 1. The average molecular weight is 400 g/mol. The van der Waals surface area contributed by atoms with Gasteiger partial charge in [-0.05, 0) is 60.0 Å². The van der Waals surface area contributed by atoms with E-state index in [1.54, 1.807) is 4.52 Å². The molecule has 30 heavy (non-hydrogen) atoms. The Kier molecular flexibility index (Phi) is 4.78. The van der Waals surface area contributed by atoms with Crippen LogP contribution in [0.4, 0.5) is 10.5 Å². The van der Waals surface area contributed by atoms with Crippen LogP contribution in [0.15, 0.2) is 54.6 Å². The van der Waals surface area contributed by atoms with Crippen LogP contribution in [0.3, 0.4) is 0 Å². The highest BCUT2D eigenvalue weighted by Crippen LogP contribution is 2.28. The van der Waals surface area contributed by atoms with E-state index in [0.717, 1.165) is 53.4 Å². The smallest absolute Gasteiger partial charge is 0.317 e. The number of urea groups is 1. The monoisotopic (exact) mass is 400 g/mol. The van der Waals surface area contributed by atoms with Crippen molar-refractivity contribution in [2.24, 2.45) is 0 Å². The van der Waals surface area contributed by atoms with Gasteiger partial charge >= 0.3 is 6.03 Å². The van der Waals surface area contributed by atoms with E-state index in [-0.39, 0.29) is 12.1 Å². The first-order valence-electron chi connectivity index (χ1n) is 10.4. The summed E-state index contributed by atoms with van der Waals surface area (Å²) in [6, 6.07) is 18.1. The van der Waals surface area contributed by atoms with Crippen molar-refractivity contribution in [2.45, 2.75) is 45.2 Å². The predicted molar refractivity (Wildman–Crippen MR) is 116 cm³/mol. The number of nitrogens with one attached hydrogen (secondary N) is 1. The first kappa shape index (κ1) is 18.5. The lowest BCUT2D eigenvalue weighted by molar-refractivity contribution is 0.185. The van der Waals surface area contributed by atoms with Gasteiger partial charge in [-0.25, -0.2) is 4.79 Å². The third-order valence-corrected chi connectivity index (χ3v) is 5.89. The Morgan fingerprint density at radius 1 is 1.13 bits per heavy atom. The molecule has 1 fully saturated rings. The molecule has 0 bridgehead atoms. The number of anilines is 1. The second-order valence-corrected chi connectivity index (χ2v) is 8.01. The zero-order valence-electron chi connectivity index (χ0n) is 17.0. The molecule has 2 aromatic heterocycles. The summed E-state index contributed by atoms with van der Waals surface area (Å²) in [6.07, 6.45) is 4.35. The van der Waals surface area contributed by atoms with Crippen molar-refractivity contribution < 1.29 is 4.79 Å². The molecule has 5 rings (SSSR count). The fourth-order valence-corrected chi connectivity index (χ4v) is 4.36. The standard InChI is InChI=1S/C23H24N6O/c1-16-11-12-17-14-18(22-25-26-27-29(22)21(17)13-16)15-28(20-9-5-6-10-20)23(30)24-19-7-3-2-4-8-19/h2-4,7-8,11-14,20H,5-6,9-10,15H2,1H3,(H,24,30). The van der Waals surface area contributed by atoms with Crippen molar-refractivity contribution in [2.75, 3.05) is 5.32 Å². The van der Waals surface area contributed by atoms with Gasteiger partial charge in [0.05, 0.1) is 12.1 Å². The van der Waals surface area contributed by atoms with Gasteiger partial charge in [0.25, 0.3) is 0 Å². The minimum absolute atomic E-state index is 0.0808. The molecule has 1 aliphatic rings. The van der Waals surface area contributed by atoms with Crippen LogP contribution in [0.5, 0.6) is 0 Å². The number of hydrogen-bond acceptors (Lipinski definition) is 4. The van der Waals surface area contributed by atoms with Crippen LogP contribution in [-0.4, -0.2) is 37.0 Å². The number of pyridine rings is 1. The van der Waals surface area contributed by atoms with Crippen LogP contribution in [0, 0.1) is 6.92 Å². The Balaban J connectivity index is 1.52. The molecule has 7 nitrogen and oxygen atoms in total. The van der Waals surface area contributed by atoms with E-state index < -0.39 is 0 Å². The molecule has 2 aromatic carbocycles. The molecule has 7 heteroatoms. The van der Waals surface area contributed by atoms with E-state index in [4.69, 9.17) is 0 Å². The molecular formula is C23H24N6O. The molecule has 0 unspecified atom stereocenters. The summed E-state index contributed by atoms with van der Waals surface area (Å²) in [5.41, 5.74) is 4.57. The van der Waals surface area contributed by atoms with Crippen LogP contribution in [-0.2, 0) is 6.54 Å². The fraction of sp³-hybridized carbons (Fsp3) is 0.304. The quantitative estimate of drug-likeness (QED) is 0.545. The highest BCUT2D eigenvalue weighted by atomic mass is 16.2. The summed E-state index contributed by atoms with van der Waals surface area (Å²) in [6.45, 7) is 2.52. The molecule has 2 heterocycles. The first-order valence-corrected chi connectivity index (χ1v) is 10.4. The number of nitrogens with zero attached hydrogens (tertiary/aromatic N) is 5. The maximum absolute atomic E-state index is 13.2. The summed E-state index contributed by atoms with van der Waals surface area (Å²) in [5, 5.41) is 16.5. The van der Waals surface area contributed by atoms with E-state index in [9.17, 15) is 4.79 Å². The van der Waals surface area contributed by atoms with E-state index in [2.05, 4.69) is 52.0 Å². The van der Waals surface area contributed by atoms with E-state index in [1.165, 1.54) is 0 Å². The lowest BCUT2D eigenvalue weighted by atomic mass is 10.1. The van der Waals surface area contributed by atoms with Gasteiger partial charge in [0.1, 0.15) is 0 Å². The Labute approximate surface area is 174 Å². The molecule has 1 N–H and O–H groups in total. The SMILES string of the molecule is Cc1ccc2cc(CN(C(=O)Nc3ccccc3)C3CCCC3)c3nnnn3c2c1. The Morgan fingerprint density at radius 3 is 2.73 bits per heavy atom. The summed E-state index contributed by atoms with van der Waals surface area (Å²) >= 11 is 0. The second kappa shape index (κ2) is 7.74. The molecule has 4 aromatic rings. The fourth-order valence-electron chi connectivity index (χ4n) is 4.36. The van der Waals surface area contributed by atoms with Crippen LogP contribution in [0.2, 0.25) is 0 Å². The van der Waals surface area contributed by atoms with E-state index in [1.807, 2.05) is 35.2 Å². The number of aromatic nitrogens is 4. The lowest BCUT2D eigenvalue weighted by Crippen LogP contribution is -2.41. The second-order valence-electron chi connectivity index (χ2n) is 8.01. The Morgan fingerprint density at radius 2 is 1.93 bits per heavy atom. The summed E-state index contributed by atoms with van der Waals surface area (Å²) in [7, 11) is 0. The number of para-hydroxylation sites is 1. The number of benzene rings is 2. The molecule has 0 atom stereocenters. The maximum Gasteiger partial charge on any atom is 0.322 e. The van der Waals surface area contributed by atoms with Gasteiger partial charge in [-0.15, -0.1) is 5.10 Å². The number of amides is 2. The van der Waals surface area contributed by atoms with Crippen molar-refractivity contribution in [3.05, 3.63) is 65.7 Å². The van der Waals surface area contributed by atoms with Crippen LogP contribution in [0.25, 0.3) is 16.6 Å². The molecule has 152 valence electrons. The number of fused-ring (bicyclic) bond motifs is 3. The number of tetrazole rings is 1. The van der Waals surface area contributed by atoms with Crippen molar-refractivity contribution in [1.82, 2.24) is 24.9 Å². The molecule has 0 saturated heterocycles. The number of carbonyl (C=O) groups excluding carboxylic acids is 1. The topological polar surface area (TPSA) is 75.4 Å². The van der Waals surface area contributed by atoms with Gasteiger partial charge in [0.15, 0.2) is 5.65 Å². The normalized spacial score (nSPS) is 14.4. The lowest BCUT2D eigenvalue weighted by Gasteiger charge is -2.29. The van der Waals surface area contributed by atoms with Crippen molar-refractivity contribution in [1.29, 1.82) is 0 Å². The average Bonchev–Trinajstić information content (AvgIpc) is 3.45. The largest absolute Gasteiger partial charge is 0.322 e. The highest BCUT2D eigenvalue weighted by Gasteiger charge is 2.28. The van der Waals surface area contributed by atoms with Crippen LogP contribution >= 0.6 is 0 Å². The summed E-state index contributed by atoms with van der Waals surface area (Å²) < 4.78 is 1.78. The van der Waals surface area contributed by atoms with Gasteiger partial charge < -0.3 is 10.2 Å². The van der Waals surface area contributed by atoms with E-state index >= 15 is 0 Å². The highest BCUT2D eigenvalue weighted by molar-refractivity contribution is 5.90. The molecule has 0 spiro atoms. The van der Waals surface area contributed by atoms with Crippen molar-refractivity contribution in [3.8, 4) is 0 Å². The zero-order valence-corrected chi connectivity index (χ0v) is 17.0. The zero-order chi connectivity index (χ0) is 20.5. The van der Waals surface area contributed by atoms with Crippen molar-refractivity contribution in [3.63, 3.8) is 0 Å². The molecule has 0 radical (unpaired) electrons. The van der Waals surface area contributed by atoms with Gasteiger partial charge in [0, 0.05) is 22.7 Å². The molecule has 2 amide bonds. The number of rotatable bonds is 4. The van der Waals surface area contributed by atoms with Crippen LogP contribution in [0.1, 0.15) is 36.8 Å². The molecular weight excluding hydrogens is 376 g/mol. The molecule has 0 aliphatic heterocycles. The third kappa shape index (κ3) is 3.47. The minimum atomic E-state index is -0.0808. The minimum Gasteiger partial charge on any atom is -0.317 e. The van der Waals surface area contributed by atoms with Crippen molar-refractivity contribution >= 4 is 28.3 Å². The van der Waals surface area contributed by atoms with Gasteiger partial charge in [-0.2, -0.15) is 4.52 Å². The number of hydrogen-bond donors (Lipinski definition) is 1. The van der Waals surface area contributed by atoms with Gasteiger partial charge in [-0.3, -0.25) is 0 Å². The third-order valence-electron chi connectivity index (χ3n) is 5.89. The Bertz CT molecular complexity index is 1200. The first-order chi connectivity index (χ1) is 14.7. The van der Waals surface area contributed by atoms with Gasteiger partial charge in [0.2, 0.25) is 0 Å². The molecule has 1 aliphatic carbocycles. The summed E-state index contributed by atoms with van der Waals surface area (Å²) in [5.74, 6) is 0.